The van der Waals surface area contributed by atoms with Gasteiger partial charge in [-0.2, -0.15) is 0 Å². The second-order valence-corrected chi connectivity index (χ2v) is 6.16. The maximum Gasteiger partial charge on any atom is 0.141 e. The summed E-state index contributed by atoms with van der Waals surface area (Å²) in [6.07, 6.45) is 7.81. The number of hydrogen-bond acceptors (Lipinski definition) is 3. The molecule has 0 bridgehead atoms. The Balaban J connectivity index is 2.17. The van der Waals surface area contributed by atoms with E-state index in [1.165, 1.54) is 19.0 Å². The molecular formula is C16H26FN3. The second kappa shape index (κ2) is 6.64. The molecule has 0 aromatic carbocycles. The van der Waals surface area contributed by atoms with Crippen molar-refractivity contribution in [3.05, 3.63) is 29.8 Å². The fourth-order valence-corrected chi connectivity index (χ4v) is 3.61. The average molecular weight is 279 g/mol. The third kappa shape index (κ3) is 3.36. The normalized spacial score (nSPS) is 26.9. The van der Waals surface area contributed by atoms with Crippen molar-refractivity contribution in [2.45, 2.75) is 51.6 Å². The highest BCUT2D eigenvalue weighted by Gasteiger charge is 2.38. The Kier molecular flexibility index (Phi) is 5.11. The molecule has 2 rings (SSSR count). The van der Waals surface area contributed by atoms with Crippen LogP contribution < -0.4 is 5.73 Å². The molecule has 112 valence electrons. The first-order chi connectivity index (χ1) is 9.59. The summed E-state index contributed by atoms with van der Waals surface area (Å²) in [6, 6.07) is 1.58. The van der Waals surface area contributed by atoms with Crippen LogP contribution >= 0.6 is 0 Å². The van der Waals surface area contributed by atoms with Crippen LogP contribution in [0.15, 0.2) is 18.5 Å². The van der Waals surface area contributed by atoms with Crippen molar-refractivity contribution < 1.29 is 4.39 Å². The van der Waals surface area contributed by atoms with Crippen molar-refractivity contribution in [3.63, 3.8) is 0 Å². The van der Waals surface area contributed by atoms with Gasteiger partial charge >= 0.3 is 0 Å². The van der Waals surface area contributed by atoms with Gasteiger partial charge in [0.25, 0.3) is 0 Å². The Hall–Kier alpha value is -1.00. The standard InChI is InChI=1S/C16H26FN3/c1-3-20(11-14-7-15(17)10-19-9-14)16(12-18)6-4-5-13(2)8-16/h7,9-10,13H,3-6,8,11-12,18H2,1-2H3. The minimum Gasteiger partial charge on any atom is -0.329 e. The maximum absolute atomic E-state index is 13.3. The first-order valence-corrected chi connectivity index (χ1v) is 7.64. The van der Waals surface area contributed by atoms with Crippen LogP contribution in [0.2, 0.25) is 0 Å². The highest BCUT2D eigenvalue weighted by atomic mass is 19.1. The summed E-state index contributed by atoms with van der Waals surface area (Å²) in [4.78, 5) is 6.36. The molecule has 4 heteroatoms. The van der Waals surface area contributed by atoms with E-state index in [-0.39, 0.29) is 11.4 Å². The topological polar surface area (TPSA) is 42.2 Å². The van der Waals surface area contributed by atoms with Gasteiger partial charge in [0, 0.05) is 24.8 Å². The van der Waals surface area contributed by atoms with E-state index < -0.39 is 0 Å². The van der Waals surface area contributed by atoms with Crippen LogP contribution in [0.1, 0.15) is 45.1 Å². The van der Waals surface area contributed by atoms with Crippen LogP contribution in [0, 0.1) is 11.7 Å². The summed E-state index contributed by atoms with van der Waals surface area (Å²) in [6.45, 7) is 6.80. The molecule has 0 amide bonds. The predicted molar refractivity (Wildman–Crippen MR) is 79.7 cm³/mol. The smallest absolute Gasteiger partial charge is 0.141 e. The Morgan fingerprint density at radius 2 is 2.30 bits per heavy atom. The molecule has 2 N–H and O–H groups in total. The molecule has 1 aromatic heterocycles. The van der Waals surface area contributed by atoms with Crippen molar-refractivity contribution in [1.82, 2.24) is 9.88 Å². The van der Waals surface area contributed by atoms with Gasteiger partial charge in [0.15, 0.2) is 0 Å². The van der Waals surface area contributed by atoms with Crippen molar-refractivity contribution in [3.8, 4) is 0 Å². The first kappa shape index (κ1) is 15.4. The molecule has 1 fully saturated rings. The Labute approximate surface area is 121 Å². The van der Waals surface area contributed by atoms with Crippen LogP contribution in [-0.4, -0.2) is 28.5 Å². The van der Waals surface area contributed by atoms with Crippen molar-refractivity contribution in [2.75, 3.05) is 13.1 Å². The largest absolute Gasteiger partial charge is 0.329 e. The average Bonchev–Trinajstić information content (AvgIpc) is 2.44. The number of halogens is 1. The zero-order valence-electron chi connectivity index (χ0n) is 12.6. The number of nitrogens with two attached hydrogens (primary N) is 1. The SMILES string of the molecule is CCN(Cc1cncc(F)c1)C1(CN)CCCC(C)C1. The lowest BCUT2D eigenvalue weighted by atomic mass is 9.75. The van der Waals surface area contributed by atoms with Gasteiger partial charge < -0.3 is 5.73 Å². The summed E-state index contributed by atoms with van der Waals surface area (Å²) in [5, 5.41) is 0. The zero-order chi connectivity index (χ0) is 14.6. The van der Waals surface area contributed by atoms with E-state index in [0.717, 1.165) is 31.5 Å². The molecule has 2 unspecified atom stereocenters. The van der Waals surface area contributed by atoms with E-state index >= 15 is 0 Å². The Morgan fingerprint density at radius 1 is 1.50 bits per heavy atom. The van der Waals surface area contributed by atoms with Crippen LogP contribution in [-0.2, 0) is 6.54 Å². The molecule has 2 atom stereocenters. The molecule has 3 nitrogen and oxygen atoms in total. The van der Waals surface area contributed by atoms with Gasteiger partial charge in [0.2, 0.25) is 0 Å². The van der Waals surface area contributed by atoms with Gasteiger partial charge in [-0.25, -0.2) is 4.39 Å². The number of pyridine rings is 1. The fourth-order valence-electron chi connectivity index (χ4n) is 3.61. The Morgan fingerprint density at radius 3 is 2.90 bits per heavy atom. The van der Waals surface area contributed by atoms with E-state index in [1.807, 2.05) is 0 Å². The van der Waals surface area contributed by atoms with E-state index in [4.69, 9.17) is 5.73 Å². The molecule has 0 saturated heterocycles. The summed E-state index contributed by atoms with van der Waals surface area (Å²) in [5.74, 6) is 0.448. The summed E-state index contributed by atoms with van der Waals surface area (Å²) >= 11 is 0. The van der Waals surface area contributed by atoms with Gasteiger partial charge in [0.05, 0.1) is 6.20 Å². The lowest BCUT2D eigenvalue weighted by Gasteiger charge is -2.47. The maximum atomic E-state index is 13.3. The van der Waals surface area contributed by atoms with Crippen molar-refractivity contribution in [2.24, 2.45) is 11.7 Å². The summed E-state index contributed by atoms with van der Waals surface area (Å²) in [5.41, 5.74) is 7.13. The molecule has 1 saturated carbocycles. The number of nitrogens with zero attached hydrogens (tertiary/aromatic N) is 2. The minimum atomic E-state index is -0.266. The third-order valence-electron chi connectivity index (χ3n) is 4.63. The lowest BCUT2D eigenvalue weighted by Crippen LogP contribution is -2.55. The zero-order valence-corrected chi connectivity index (χ0v) is 12.6. The van der Waals surface area contributed by atoms with E-state index in [0.29, 0.717) is 12.5 Å². The molecular weight excluding hydrogens is 253 g/mol. The van der Waals surface area contributed by atoms with Crippen molar-refractivity contribution in [1.29, 1.82) is 0 Å². The van der Waals surface area contributed by atoms with Gasteiger partial charge in [0.1, 0.15) is 5.82 Å². The van der Waals surface area contributed by atoms with Crippen LogP contribution in [0.25, 0.3) is 0 Å². The quantitative estimate of drug-likeness (QED) is 0.901. The van der Waals surface area contributed by atoms with E-state index in [1.54, 1.807) is 12.3 Å². The summed E-state index contributed by atoms with van der Waals surface area (Å²) < 4.78 is 13.3. The highest BCUT2D eigenvalue weighted by Crippen LogP contribution is 2.36. The minimum absolute atomic E-state index is 0.0682. The highest BCUT2D eigenvalue weighted by molar-refractivity contribution is 5.11. The molecule has 1 heterocycles. The molecule has 0 aliphatic heterocycles. The van der Waals surface area contributed by atoms with E-state index in [9.17, 15) is 4.39 Å². The monoisotopic (exact) mass is 279 g/mol. The number of likely N-dealkylation sites (N-methyl/N-ethyl adjacent to an activating group) is 1. The van der Waals surface area contributed by atoms with Gasteiger partial charge in [-0.15, -0.1) is 0 Å². The number of rotatable bonds is 5. The molecule has 0 radical (unpaired) electrons. The van der Waals surface area contributed by atoms with Crippen molar-refractivity contribution >= 4 is 0 Å². The molecule has 1 aliphatic rings. The van der Waals surface area contributed by atoms with Crippen LogP contribution in [0.3, 0.4) is 0 Å². The molecule has 1 aliphatic carbocycles. The molecule has 0 spiro atoms. The van der Waals surface area contributed by atoms with Gasteiger partial charge in [-0.05, 0) is 36.9 Å². The van der Waals surface area contributed by atoms with Gasteiger partial charge in [-0.3, -0.25) is 9.88 Å². The fraction of sp³-hybridized carbons (Fsp3) is 0.688. The predicted octanol–water partition coefficient (Wildman–Crippen LogP) is 2.95. The summed E-state index contributed by atoms with van der Waals surface area (Å²) in [7, 11) is 0. The van der Waals surface area contributed by atoms with Gasteiger partial charge in [-0.1, -0.05) is 26.7 Å². The first-order valence-electron chi connectivity index (χ1n) is 7.64. The number of aromatic nitrogens is 1. The number of hydrogen-bond donors (Lipinski definition) is 1. The van der Waals surface area contributed by atoms with E-state index in [2.05, 4.69) is 23.7 Å². The van der Waals surface area contributed by atoms with Crippen LogP contribution in [0.4, 0.5) is 4.39 Å². The molecule has 1 aromatic rings. The lowest BCUT2D eigenvalue weighted by molar-refractivity contribution is 0.0365. The van der Waals surface area contributed by atoms with Crippen LogP contribution in [0.5, 0.6) is 0 Å². The second-order valence-electron chi connectivity index (χ2n) is 6.16. The third-order valence-corrected chi connectivity index (χ3v) is 4.63. The Bertz CT molecular complexity index is 437. The molecule has 20 heavy (non-hydrogen) atoms.